The number of piperazine rings is 1. The van der Waals surface area contributed by atoms with E-state index in [1.54, 1.807) is 13.3 Å². The summed E-state index contributed by atoms with van der Waals surface area (Å²) >= 11 is 0. The Hall–Kier alpha value is -2.58. The first-order valence-corrected chi connectivity index (χ1v) is 10.6. The van der Waals surface area contributed by atoms with Gasteiger partial charge in [0.05, 0.1) is 19.3 Å². The Labute approximate surface area is 177 Å². The van der Waals surface area contributed by atoms with E-state index in [4.69, 9.17) is 4.74 Å². The Morgan fingerprint density at radius 1 is 1.13 bits per heavy atom. The Morgan fingerprint density at radius 3 is 2.47 bits per heavy atom. The fourth-order valence-electron chi connectivity index (χ4n) is 4.50. The van der Waals surface area contributed by atoms with E-state index in [-0.39, 0.29) is 5.91 Å². The number of likely N-dealkylation sites (tertiary alicyclic amines) is 1. The number of rotatable bonds is 5. The van der Waals surface area contributed by atoms with Crippen molar-refractivity contribution >= 4 is 11.6 Å². The highest BCUT2D eigenvalue weighted by molar-refractivity contribution is 5.78. The molecule has 0 atom stereocenters. The summed E-state index contributed by atoms with van der Waals surface area (Å²) < 4.78 is 7.35. The zero-order chi connectivity index (χ0) is 21.1. The van der Waals surface area contributed by atoms with Crippen LogP contribution in [0.3, 0.4) is 0 Å². The third-order valence-corrected chi connectivity index (χ3v) is 6.34. The van der Waals surface area contributed by atoms with Gasteiger partial charge in [-0.05, 0) is 25.0 Å². The van der Waals surface area contributed by atoms with Gasteiger partial charge in [-0.2, -0.15) is 0 Å². The standard InChI is InChI=1S/C22H31N5O3/c1-24-12-9-23-21(24)22(29)7-10-25(11-8-22)17-20(28)27-15-13-26(14-16-27)18-5-3-4-6-19(18)30-2/h3-6,9,12,29H,7-8,10-11,13-17H2,1-2H3. The molecule has 4 rings (SSSR count). The third-order valence-electron chi connectivity index (χ3n) is 6.34. The molecule has 8 heteroatoms. The predicted molar refractivity (Wildman–Crippen MR) is 115 cm³/mol. The van der Waals surface area contributed by atoms with Crippen LogP contribution in [-0.4, -0.2) is 83.3 Å². The lowest BCUT2D eigenvalue weighted by molar-refractivity contribution is -0.134. The summed E-state index contributed by atoms with van der Waals surface area (Å²) in [6, 6.07) is 8.01. The van der Waals surface area contributed by atoms with E-state index in [0.717, 1.165) is 24.5 Å². The van der Waals surface area contributed by atoms with Gasteiger partial charge in [-0.1, -0.05) is 12.1 Å². The average molecular weight is 414 g/mol. The van der Waals surface area contributed by atoms with E-state index in [0.29, 0.717) is 51.4 Å². The number of methoxy groups -OCH3 is 1. The largest absolute Gasteiger partial charge is 0.495 e. The fraction of sp³-hybridized carbons (Fsp3) is 0.545. The van der Waals surface area contributed by atoms with Gasteiger partial charge in [-0.15, -0.1) is 0 Å². The number of benzene rings is 1. The molecule has 2 aromatic rings. The maximum atomic E-state index is 12.8. The fourth-order valence-corrected chi connectivity index (χ4v) is 4.50. The van der Waals surface area contributed by atoms with Gasteiger partial charge in [-0.25, -0.2) is 4.98 Å². The summed E-state index contributed by atoms with van der Waals surface area (Å²) in [6.45, 7) is 4.80. The monoisotopic (exact) mass is 413 g/mol. The van der Waals surface area contributed by atoms with Crippen molar-refractivity contribution in [3.63, 3.8) is 0 Å². The summed E-state index contributed by atoms with van der Waals surface area (Å²) in [4.78, 5) is 23.5. The van der Waals surface area contributed by atoms with Crippen LogP contribution in [-0.2, 0) is 17.4 Å². The van der Waals surface area contributed by atoms with Gasteiger partial charge in [0.25, 0.3) is 0 Å². The number of anilines is 1. The minimum Gasteiger partial charge on any atom is -0.495 e. The summed E-state index contributed by atoms with van der Waals surface area (Å²) in [7, 11) is 3.59. The molecular formula is C22H31N5O3. The number of nitrogens with zero attached hydrogens (tertiary/aromatic N) is 5. The predicted octanol–water partition coefficient (Wildman–Crippen LogP) is 1.06. The molecule has 0 aliphatic carbocycles. The van der Waals surface area contributed by atoms with E-state index >= 15 is 0 Å². The highest BCUT2D eigenvalue weighted by Crippen LogP contribution is 2.31. The van der Waals surface area contributed by atoms with Gasteiger partial charge in [0.1, 0.15) is 17.2 Å². The smallest absolute Gasteiger partial charge is 0.236 e. The second-order valence-electron chi connectivity index (χ2n) is 8.21. The maximum absolute atomic E-state index is 12.8. The molecule has 1 amide bonds. The number of aliphatic hydroxyl groups is 1. The van der Waals surface area contributed by atoms with Gasteiger partial charge in [0.2, 0.25) is 5.91 Å². The number of aryl methyl sites for hydroxylation is 1. The quantitative estimate of drug-likeness (QED) is 0.790. The van der Waals surface area contributed by atoms with E-state index in [1.807, 2.05) is 40.9 Å². The Balaban J connectivity index is 1.27. The van der Waals surface area contributed by atoms with E-state index < -0.39 is 5.60 Å². The molecule has 0 unspecified atom stereocenters. The molecule has 1 aromatic heterocycles. The second kappa shape index (κ2) is 8.65. The number of imidazole rings is 1. The molecule has 0 saturated carbocycles. The van der Waals surface area contributed by atoms with Crippen LogP contribution >= 0.6 is 0 Å². The molecule has 30 heavy (non-hydrogen) atoms. The Morgan fingerprint density at radius 2 is 1.83 bits per heavy atom. The highest BCUT2D eigenvalue weighted by Gasteiger charge is 2.37. The number of hydrogen-bond acceptors (Lipinski definition) is 6. The summed E-state index contributed by atoms with van der Waals surface area (Å²) in [5, 5.41) is 11.0. The van der Waals surface area contributed by atoms with Crippen molar-refractivity contribution in [2.24, 2.45) is 7.05 Å². The molecule has 3 heterocycles. The second-order valence-corrected chi connectivity index (χ2v) is 8.21. The zero-order valence-corrected chi connectivity index (χ0v) is 17.8. The van der Waals surface area contributed by atoms with Gasteiger partial charge in [0.15, 0.2) is 0 Å². The summed E-state index contributed by atoms with van der Waals surface area (Å²) in [5.74, 6) is 1.74. The van der Waals surface area contributed by atoms with Crippen LogP contribution in [0.25, 0.3) is 0 Å². The molecule has 1 N–H and O–H groups in total. The number of amides is 1. The molecule has 2 saturated heterocycles. The van der Waals surface area contributed by atoms with Gasteiger partial charge < -0.3 is 24.2 Å². The van der Waals surface area contributed by atoms with Crippen molar-refractivity contribution in [2.75, 3.05) is 57.8 Å². The van der Waals surface area contributed by atoms with Crippen LogP contribution in [0.15, 0.2) is 36.7 Å². The maximum Gasteiger partial charge on any atom is 0.236 e. The van der Waals surface area contributed by atoms with Crippen molar-refractivity contribution in [3.8, 4) is 5.75 Å². The first-order chi connectivity index (χ1) is 14.5. The number of para-hydroxylation sites is 2. The molecule has 162 valence electrons. The Bertz CT molecular complexity index is 867. The number of ether oxygens (including phenoxy) is 1. The van der Waals surface area contributed by atoms with Gasteiger partial charge in [0, 0.05) is 58.7 Å². The topological polar surface area (TPSA) is 74.1 Å². The number of aromatic nitrogens is 2. The van der Waals surface area contributed by atoms with Crippen LogP contribution < -0.4 is 9.64 Å². The first-order valence-electron chi connectivity index (χ1n) is 10.6. The number of hydrogen-bond donors (Lipinski definition) is 1. The molecule has 8 nitrogen and oxygen atoms in total. The van der Waals surface area contributed by atoms with Crippen molar-refractivity contribution < 1.29 is 14.6 Å². The lowest BCUT2D eigenvalue weighted by Gasteiger charge is -2.40. The molecule has 2 fully saturated rings. The lowest BCUT2D eigenvalue weighted by Crippen LogP contribution is -2.53. The van der Waals surface area contributed by atoms with Gasteiger partial charge >= 0.3 is 0 Å². The van der Waals surface area contributed by atoms with Crippen molar-refractivity contribution in [1.82, 2.24) is 19.4 Å². The number of piperidine rings is 1. The van der Waals surface area contributed by atoms with Crippen LogP contribution in [0.1, 0.15) is 18.7 Å². The van der Waals surface area contributed by atoms with Crippen LogP contribution in [0.4, 0.5) is 5.69 Å². The molecule has 0 bridgehead atoms. The molecule has 1 aromatic carbocycles. The zero-order valence-electron chi connectivity index (χ0n) is 17.8. The van der Waals surface area contributed by atoms with Crippen molar-refractivity contribution in [1.29, 1.82) is 0 Å². The molecule has 2 aliphatic rings. The van der Waals surface area contributed by atoms with E-state index in [1.165, 1.54) is 0 Å². The third kappa shape index (κ3) is 4.15. The first kappa shape index (κ1) is 20.7. The molecule has 2 aliphatic heterocycles. The summed E-state index contributed by atoms with van der Waals surface area (Å²) in [6.07, 6.45) is 4.75. The van der Waals surface area contributed by atoms with Crippen molar-refractivity contribution in [3.05, 3.63) is 42.5 Å². The molecule has 0 spiro atoms. The molecule has 0 radical (unpaired) electrons. The Kier molecular flexibility index (Phi) is 5.97. The summed E-state index contributed by atoms with van der Waals surface area (Å²) in [5.41, 5.74) is 0.176. The molecular weight excluding hydrogens is 382 g/mol. The van der Waals surface area contributed by atoms with Crippen molar-refractivity contribution in [2.45, 2.75) is 18.4 Å². The van der Waals surface area contributed by atoms with Gasteiger partial charge in [-0.3, -0.25) is 9.69 Å². The lowest BCUT2D eigenvalue weighted by atomic mass is 9.90. The SMILES string of the molecule is COc1ccccc1N1CCN(C(=O)CN2CCC(O)(c3nccn3C)CC2)CC1. The van der Waals surface area contributed by atoms with E-state index in [9.17, 15) is 9.90 Å². The average Bonchev–Trinajstić information content (AvgIpc) is 3.22. The number of carbonyl (C=O) groups excluding carboxylic acids is 1. The minimum absolute atomic E-state index is 0.164. The highest BCUT2D eigenvalue weighted by atomic mass is 16.5. The normalized spacial score (nSPS) is 19.7. The minimum atomic E-state index is -0.905. The van der Waals surface area contributed by atoms with Crippen LogP contribution in [0, 0.1) is 0 Å². The van der Waals surface area contributed by atoms with Crippen LogP contribution in [0.5, 0.6) is 5.75 Å². The van der Waals surface area contributed by atoms with Crippen LogP contribution in [0.2, 0.25) is 0 Å². The number of carbonyl (C=O) groups is 1. The van der Waals surface area contributed by atoms with E-state index in [2.05, 4.69) is 20.9 Å².